The molecule has 1 amide bonds. The lowest BCUT2D eigenvalue weighted by Gasteiger charge is -2.24. The summed E-state index contributed by atoms with van der Waals surface area (Å²) in [5, 5.41) is 9.64. The van der Waals surface area contributed by atoms with E-state index in [1.807, 2.05) is 18.3 Å². The molecular formula is C14H22N2O2. The Morgan fingerprint density at radius 1 is 1.44 bits per heavy atom. The lowest BCUT2D eigenvalue weighted by atomic mass is 10.1. The Morgan fingerprint density at radius 2 is 2.06 bits per heavy atom. The van der Waals surface area contributed by atoms with Crippen LogP contribution in [0.15, 0.2) is 18.3 Å². The van der Waals surface area contributed by atoms with Crippen molar-refractivity contribution in [3.05, 3.63) is 29.6 Å². The van der Waals surface area contributed by atoms with Crippen LogP contribution in [0.4, 0.5) is 0 Å². The molecule has 0 atom stereocenters. The highest BCUT2D eigenvalue weighted by Gasteiger charge is 2.27. The number of hydrogen-bond donors (Lipinski definition) is 1. The molecule has 1 heterocycles. The molecule has 0 spiro atoms. The minimum Gasteiger partial charge on any atom is -0.381 e. The third kappa shape index (κ3) is 3.81. The van der Waals surface area contributed by atoms with Gasteiger partial charge in [0.1, 0.15) is 5.60 Å². The van der Waals surface area contributed by atoms with Crippen LogP contribution >= 0.6 is 0 Å². The average molecular weight is 250 g/mol. The van der Waals surface area contributed by atoms with Gasteiger partial charge in [-0.2, -0.15) is 0 Å². The van der Waals surface area contributed by atoms with E-state index in [4.69, 9.17) is 0 Å². The molecule has 0 saturated heterocycles. The first kappa shape index (κ1) is 14.6. The topological polar surface area (TPSA) is 53.4 Å². The minimum absolute atomic E-state index is 0.308. The number of carbonyl (C=O) groups excluding carboxylic acids is 1. The van der Waals surface area contributed by atoms with E-state index in [0.717, 1.165) is 5.69 Å². The predicted octanol–water partition coefficient (Wildman–Crippen LogP) is 1.93. The fourth-order valence-electron chi connectivity index (χ4n) is 1.65. The van der Waals surface area contributed by atoms with Crippen molar-refractivity contribution < 1.29 is 9.90 Å². The summed E-state index contributed by atoms with van der Waals surface area (Å²) in [4.78, 5) is 17.6. The number of amides is 1. The number of pyridine rings is 1. The van der Waals surface area contributed by atoms with Crippen molar-refractivity contribution in [3.63, 3.8) is 0 Å². The van der Waals surface area contributed by atoms with Crippen LogP contribution in [0, 0.1) is 0 Å². The van der Waals surface area contributed by atoms with E-state index < -0.39 is 5.60 Å². The highest BCUT2D eigenvalue weighted by Crippen LogP contribution is 2.14. The van der Waals surface area contributed by atoms with Crippen molar-refractivity contribution in [1.29, 1.82) is 0 Å². The Hall–Kier alpha value is -1.42. The molecule has 0 aliphatic heterocycles. The first-order valence-corrected chi connectivity index (χ1v) is 6.14. The molecule has 1 aromatic heterocycles. The van der Waals surface area contributed by atoms with E-state index >= 15 is 0 Å². The van der Waals surface area contributed by atoms with Crippen LogP contribution in [0.25, 0.3) is 0 Å². The molecule has 100 valence electrons. The third-order valence-electron chi connectivity index (χ3n) is 2.78. The van der Waals surface area contributed by atoms with E-state index in [1.165, 1.54) is 24.3 Å². The summed E-state index contributed by atoms with van der Waals surface area (Å²) >= 11 is 0. The van der Waals surface area contributed by atoms with E-state index in [-0.39, 0.29) is 5.91 Å². The van der Waals surface area contributed by atoms with Gasteiger partial charge in [-0.15, -0.1) is 0 Å². The first-order valence-electron chi connectivity index (χ1n) is 6.14. The Kier molecular flexibility index (Phi) is 4.46. The SMILES string of the molecule is CC(C)c1ccc(CN(C)C(=O)C(C)(C)O)nc1. The largest absolute Gasteiger partial charge is 0.381 e. The Labute approximate surface area is 109 Å². The lowest BCUT2D eigenvalue weighted by Crippen LogP contribution is -2.42. The van der Waals surface area contributed by atoms with Crippen molar-refractivity contribution in [2.75, 3.05) is 7.05 Å². The number of aromatic nitrogens is 1. The van der Waals surface area contributed by atoms with Gasteiger partial charge in [-0.3, -0.25) is 9.78 Å². The quantitative estimate of drug-likeness (QED) is 0.888. The van der Waals surface area contributed by atoms with Gasteiger partial charge in [0.2, 0.25) is 0 Å². The second-order valence-electron chi connectivity index (χ2n) is 5.46. The molecule has 18 heavy (non-hydrogen) atoms. The van der Waals surface area contributed by atoms with E-state index in [0.29, 0.717) is 12.5 Å². The van der Waals surface area contributed by atoms with Gasteiger partial charge >= 0.3 is 0 Å². The maximum atomic E-state index is 11.8. The maximum absolute atomic E-state index is 11.8. The van der Waals surface area contributed by atoms with Crippen LogP contribution in [-0.2, 0) is 11.3 Å². The molecule has 1 aromatic rings. The van der Waals surface area contributed by atoms with Crippen LogP contribution in [0.5, 0.6) is 0 Å². The molecule has 0 aliphatic carbocycles. The minimum atomic E-state index is -1.34. The fraction of sp³-hybridized carbons (Fsp3) is 0.571. The molecule has 0 aliphatic rings. The fourth-order valence-corrected chi connectivity index (χ4v) is 1.65. The van der Waals surface area contributed by atoms with Crippen LogP contribution in [0.3, 0.4) is 0 Å². The third-order valence-corrected chi connectivity index (χ3v) is 2.78. The van der Waals surface area contributed by atoms with Gasteiger partial charge in [-0.05, 0) is 31.4 Å². The van der Waals surface area contributed by atoms with Crippen molar-refractivity contribution in [2.45, 2.75) is 45.8 Å². The Bertz CT molecular complexity index is 405. The van der Waals surface area contributed by atoms with E-state index in [9.17, 15) is 9.90 Å². The monoisotopic (exact) mass is 250 g/mol. The van der Waals surface area contributed by atoms with Crippen LogP contribution in [0.2, 0.25) is 0 Å². The van der Waals surface area contributed by atoms with Gasteiger partial charge in [0, 0.05) is 13.2 Å². The summed E-state index contributed by atoms with van der Waals surface area (Å²) in [6.45, 7) is 7.60. The zero-order chi connectivity index (χ0) is 13.9. The lowest BCUT2D eigenvalue weighted by molar-refractivity contribution is -0.147. The standard InChI is InChI=1S/C14H22N2O2/c1-10(2)11-6-7-12(15-8-11)9-16(5)13(17)14(3,4)18/h6-8,10,18H,9H2,1-5H3. The highest BCUT2D eigenvalue weighted by atomic mass is 16.3. The molecular weight excluding hydrogens is 228 g/mol. The predicted molar refractivity (Wildman–Crippen MR) is 71.1 cm³/mol. The summed E-state index contributed by atoms with van der Waals surface area (Å²) in [6.07, 6.45) is 1.84. The first-order chi connectivity index (χ1) is 8.21. The van der Waals surface area contributed by atoms with Crippen molar-refractivity contribution in [3.8, 4) is 0 Å². The van der Waals surface area contributed by atoms with Gasteiger partial charge in [0.25, 0.3) is 5.91 Å². The average Bonchev–Trinajstić information content (AvgIpc) is 2.27. The molecule has 4 heteroatoms. The van der Waals surface area contributed by atoms with Gasteiger partial charge in [0.05, 0.1) is 12.2 Å². The molecule has 4 nitrogen and oxygen atoms in total. The van der Waals surface area contributed by atoms with E-state index in [1.54, 1.807) is 7.05 Å². The van der Waals surface area contributed by atoms with Crippen molar-refractivity contribution in [1.82, 2.24) is 9.88 Å². The Balaban J connectivity index is 2.71. The zero-order valence-electron chi connectivity index (χ0n) is 11.8. The molecule has 0 aromatic carbocycles. The number of nitrogens with zero attached hydrogens (tertiary/aromatic N) is 2. The molecule has 0 fully saturated rings. The summed E-state index contributed by atoms with van der Waals surface area (Å²) < 4.78 is 0. The van der Waals surface area contributed by atoms with Crippen LogP contribution < -0.4 is 0 Å². The van der Waals surface area contributed by atoms with Gasteiger partial charge in [0.15, 0.2) is 0 Å². The molecule has 0 bridgehead atoms. The Morgan fingerprint density at radius 3 is 2.44 bits per heavy atom. The molecule has 0 saturated carbocycles. The van der Waals surface area contributed by atoms with Gasteiger partial charge < -0.3 is 10.0 Å². The molecule has 0 radical (unpaired) electrons. The van der Waals surface area contributed by atoms with Gasteiger partial charge in [-0.25, -0.2) is 0 Å². The van der Waals surface area contributed by atoms with Crippen molar-refractivity contribution >= 4 is 5.91 Å². The summed E-state index contributed by atoms with van der Waals surface area (Å²) in [5.74, 6) is 0.138. The maximum Gasteiger partial charge on any atom is 0.254 e. The molecule has 1 rings (SSSR count). The number of hydrogen-bond acceptors (Lipinski definition) is 3. The number of rotatable bonds is 4. The van der Waals surface area contributed by atoms with Crippen LogP contribution in [-0.4, -0.2) is 33.5 Å². The van der Waals surface area contributed by atoms with Crippen molar-refractivity contribution in [2.24, 2.45) is 0 Å². The number of aliphatic hydroxyl groups is 1. The number of carbonyl (C=O) groups is 1. The zero-order valence-corrected chi connectivity index (χ0v) is 11.8. The summed E-state index contributed by atoms with van der Waals surface area (Å²) in [5.41, 5.74) is 0.654. The second kappa shape index (κ2) is 5.48. The van der Waals surface area contributed by atoms with Crippen LogP contribution in [0.1, 0.15) is 44.9 Å². The highest BCUT2D eigenvalue weighted by molar-refractivity contribution is 5.83. The summed E-state index contributed by atoms with van der Waals surface area (Å²) in [6, 6.07) is 3.94. The molecule has 0 unspecified atom stereocenters. The molecule has 1 N–H and O–H groups in total. The normalized spacial score (nSPS) is 11.7. The second-order valence-corrected chi connectivity index (χ2v) is 5.46. The summed E-state index contributed by atoms with van der Waals surface area (Å²) in [7, 11) is 1.67. The smallest absolute Gasteiger partial charge is 0.254 e. The number of likely N-dealkylation sites (N-methyl/N-ethyl adjacent to an activating group) is 1. The van der Waals surface area contributed by atoms with Gasteiger partial charge in [-0.1, -0.05) is 19.9 Å². The van der Waals surface area contributed by atoms with E-state index in [2.05, 4.69) is 18.8 Å².